The van der Waals surface area contributed by atoms with Crippen LogP contribution in [0, 0.1) is 6.92 Å². The minimum atomic E-state index is -0.0233. The minimum Gasteiger partial charge on any atom is -0.493 e. The molecule has 0 fully saturated rings. The van der Waals surface area contributed by atoms with Crippen molar-refractivity contribution in [2.45, 2.75) is 13.5 Å². The van der Waals surface area contributed by atoms with Crippen LogP contribution in [0.25, 0.3) is 0 Å². The number of amides is 1. The lowest BCUT2D eigenvalue weighted by atomic mass is 10.1. The number of rotatable bonds is 7. The number of methoxy groups -OCH3 is 2. The van der Waals surface area contributed by atoms with E-state index < -0.39 is 0 Å². The zero-order valence-electron chi connectivity index (χ0n) is 15.0. The van der Waals surface area contributed by atoms with E-state index in [9.17, 15) is 4.79 Å². The molecule has 2 rings (SSSR count). The lowest BCUT2D eigenvalue weighted by molar-refractivity contribution is -0.885. The predicted molar refractivity (Wildman–Crippen MR) is 103 cm³/mol. The molecule has 0 aromatic heterocycles. The van der Waals surface area contributed by atoms with E-state index in [1.807, 2.05) is 50.4 Å². The summed E-state index contributed by atoms with van der Waals surface area (Å²) in [4.78, 5) is 13.4. The Morgan fingerprint density at radius 3 is 2.60 bits per heavy atom. The fourth-order valence-electron chi connectivity index (χ4n) is 2.72. The van der Waals surface area contributed by atoms with Crippen molar-refractivity contribution in [3.63, 3.8) is 0 Å². The van der Waals surface area contributed by atoms with Crippen molar-refractivity contribution in [2.75, 3.05) is 33.1 Å². The molecule has 0 bridgehead atoms. The van der Waals surface area contributed by atoms with Crippen LogP contribution >= 0.6 is 15.9 Å². The SMILES string of the molecule is COc1cccc(C[NH+](C)CC(=O)Nc2ccc(Br)cc2C)c1OC. The van der Waals surface area contributed by atoms with Crippen molar-refractivity contribution in [1.29, 1.82) is 0 Å². The van der Waals surface area contributed by atoms with Crippen LogP contribution in [0.3, 0.4) is 0 Å². The number of hydrogen-bond donors (Lipinski definition) is 2. The van der Waals surface area contributed by atoms with Gasteiger partial charge >= 0.3 is 0 Å². The molecule has 2 aromatic rings. The lowest BCUT2D eigenvalue weighted by Gasteiger charge is -2.17. The standard InChI is InChI=1S/C19H23BrN2O3/c1-13-10-15(20)8-9-16(13)21-18(23)12-22(2)11-14-6-5-7-17(24-3)19(14)25-4/h5-10H,11-12H2,1-4H3,(H,21,23)/p+1. The largest absolute Gasteiger partial charge is 0.493 e. The van der Waals surface area contributed by atoms with E-state index in [1.54, 1.807) is 14.2 Å². The Morgan fingerprint density at radius 1 is 1.20 bits per heavy atom. The molecule has 5 nitrogen and oxygen atoms in total. The summed E-state index contributed by atoms with van der Waals surface area (Å²) in [6.07, 6.45) is 0. The van der Waals surface area contributed by atoms with Gasteiger partial charge in [0.2, 0.25) is 0 Å². The summed E-state index contributed by atoms with van der Waals surface area (Å²) >= 11 is 3.43. The third-order valence-electron chi connectivity index (χ3n) is 3.90. The highest BCUT2D eigenvalue weighted by Crippen LogP contribution is 2.30. The molecule has 1 amide bonds. The van der Waals surface area contributed by atoms with Crippen LogP contribution in [-0.4, -0.2) is 33.7 Å². The number of aryl methyl sites for hydroxylation is 1. The summed E-state index contributed by atoms with van der Waals surface area (Å²) < 4.78 is 11.8. The Labute approximate surface area is 157 Å². The van der Waals surface area contributed by atoms with E-state index in [0.29, 0.717) is 24.6 Å². The van der Waals surface area contributed by atoms with Gasteiger partial charge < -0.3 is 19.7 Å². The second kappa shape index (κ2) is 8.87. The number of para-hydroxylation sites is 1. The van der Waals surface area contributed by atoms with Crippen molar-refractivity contribution < 1.29 is 19.2 Å². The highest BCUT2D eigenvalue weighted by molar-refractivity contribution is 9.10. The van der Waals surface area contributed by atoms with E-state index >= 15 is 0 Å². The van der Waals surface area contributed by atoms with E-state index in [0.717, 1.165) is 26.2 Å². The van der Waals surface area contributed by atoms with Crippen LogP contribution in [0.4, 0.5) is 5.69 Å². The molecule has 0 aliphatic rings. The summed E-state index contributed by atoms with van der Waals surface area (Å²) in [5.41, 5.74) is 2.86. The monoisotopic (exact) mass is 407 g/mol. The molecule has 0 saturated heterocycles. The third-order valence-corrected chi connectivity index (χ3v) is 4.39. The normalized spacial score (nSPS) is 11.7. The second-order valence-corrected chi connectivity index (χ2v) is 6.89. The molecular weight excluding hydrogens is 384 g/mol. The molecule has 0 radical (unpaired) electrons. The lowest BCUT2D eigenvalue weighted by Crippen LogP contribution is -3.08. The first-order chi connectivity index (χ1) is 11.9. The average Bonchev–Trinajstić information content (AvgIpc) is 2.57. The molecule has 0 saturated carbocycles. The Bertz CT molecular complexity index is 749. The molecule has 0 spiro atoms. The van der Waals surface area contributed by atoms with Crippen molar-refractivity contribution in [2.24, 2.45) is 0 Å². The summed E-state index contributed by atoms with van der Waals surface area (Å²) in [7, 11) is 5.22. The Kier molecular flexibility index (Phi) is 6.84. The first-order valence-corrected chi connectivity index (χ1v) is 8.81. The van der Waals surface area contributed by atoms with Gasteiger partial charge in [0.25, 0.3) is 5.91 Å². The second-order valence-electron chi connectivity index (χ2n) is 5.97. The molecule has 25 heavy (non-hydrogen) atoms. The highest BCUT2D eigenvalue weighted by atomic mass is 79.9. The molecule has 6 heteroatoms. The molecule has 1 atom stereocenters. The van der Waals surface area contributed by atoms with Crippen molar-refractivity contribution in [3.8, 4) is 11.5 Å². The highest BCUT2D eigenvalue weighted by Gasteiger charge is 2.16. The zero-order chi connectivity index (χ0) is 18.4. The van der Waals surface area contributed by atoms with E-state index in [-0.39, 0.29) is 5.91 Å². The number of carbonyl (C=O) groups is 1. The number of hydrogen-bond acceptors (Lipinski definition) is 3. The van der Waals surface area contributed by atoms with Gasteiger partial charge in [-0.2, -0.15) is 0 Å². The maximum absolute atomic E-state index is 12.3. The Balaban J connectivity index is 2.00. The van der Waals surface area contributed by atoms with Crippen molar-refractivity contribution in [1.82, 2.24) is 0 Å². The van der Waals surface area contributed by atoms with E-state index in [2.05, 4.69) is 21.2 Å². The fraction of sp³-hybridized carbons (Fsp3) is 0.316. The van der Waals surface area contributed by atoms with Crippen LogP contribution in [0.15, 0.2) is 40.9 Å². The van der Waals surface area contributed by atoms with Gasteiger partial charge in [-0.25, -0.2) is 0 Å². The van der Waals surface area contributed by atoms with Gasteiger partial charge in [0.1, 0.15) is 6.54 Å². The van der Waals surface area contributed by atoms with E-state index in [1.165, 1.54) is 0 Å². The fourth-order valence-corrected chi connectivity index (χ4v) is 3.19. The summed E-state index contributed by atoms with van der Waals surface area (Å²) in [5, 5.41) is 2.97. The third kappa shape index (κ3) is 5.21. The maximum Gasteiger partial charge on any atom is 0.279 e. The van der Waals surface area contributed by atoms with Gasteiger partial charge in [-0.1, -0.05) is 22.0 Å². The first kappa shape index (κ1) is 19.3. The van der Waals surface area contributed by atoms with Gasteiger partial charge in [-0.15, -0.1) is 0 Å². The quantitative estimate of drug-likeness (QED) is 0.740. The topological polar surface area (TPSA) is 52.0 Å². The van der Waals surface area contributed by atoms with Gasteiger partial charge in [0.05, 0.1) is 26.8 Å². The number of halogens is 1. The molecule has 0 heterocycles. The molecule has 0 aliphatic heterocycles. The maximum atomic E-state index is 12.3. The molecular formula is C19H24BrN2O3+. The van der Waals surface area contributed by atoms with Gasteiger partial charge in [-0.3, -0.25) is 4.79 Å². The van der Waals surface area contributed by atoms with Crippen molar-refractivity contribution >= 4 is 27.5 Å². The predicted octanol–water partition coefficient (Wildman–Crippen LogP) is 2.43. The molecule has 2 N–H and O–H groups in total. The van der Waals surface area contributed by atoms with E-state index in [4.69, 9.17) is 9.47 Å². The van der Waals surface area contributed by atoms with Gasteiger partial charge in [0, 0.05) is 10.2 Å². The number of likely N-dealkylation sites (N-methyl/N-ethyl adjacent to an activating group) is 1. The van der Waals surface area contributed by atoms with Crippen LogP contribution < -0.4 is 19.7 Å². The number of benzene rings is 2. The summed E-state index contributed by atoms with van der Waals surface area (Å²) in [6.45, 7) is 2.99. The zero-order valence-corrected chi connectivity index (χ0v) is 16.6. The average molecular weight is 408 g/mol. The Hall–Kier alpha value is -2.05. The molecule has 134 valence electrons. The molecule has 2 aromatic carbocycles. The molecule has 0 aliphatic carbocycles. The number of anilines is 1. The summed E-state index contributed by atoms with van der Waals surface area (Å²) in [5.74, 6) is 1.39. The van der Waals surface area contributed by atoms with Crippen LogP contribution in [0.5, 0.6) is 11.5 Å². The number of nitrogens with one attached hydrogen (secondary N) is 2. The number of carbonyl (C=O) groups excluding carboxylic acids is 1. The van der Waals surface area contributed by atoms with Gasteiger partial charge in [0.15, 0.2) is 18.0 Å². The minimum absolute atomic E-state index is 0.0233. The van der Waals surface area contributed by atoms with Crippen LogP contribution in [0.1, 0.15) is 11.1 Å². The van der Waals surface area contributed by atoms with Crippen molar-refractivity contribution in [3.05, 3.63) is 52.0 Å². The summed E-state index contributed by atoms with van der Waals surface area (Å²) in [6, 6.07) is 11.6. The number of ether oxygens (including phenoxy) is 2. The van der Waals surface area contributed by atoms with Gasteiger partial charge in [-0.05, 0) is 42.8 Å². The molecule has 1 unspecified atom stereocenters. The smallest absolute Gasteiger partial charge is 0.279 e. The number of quaternary nitrogens is 1. The Morgan fingerprint density at radius 2 is 1.96 bits per heavy atom. The first-order valence-electron chi connectivity index (χ1n) is 8.01. The van der Waals surface area contributed by atoms with Crippen LogP contribution in [-0.2, 0) is 11.3 Å². The van der Waals surface area contributed by atoms with Crippen LogP contribution in [0.2, 0.25) is 0 Å².